The molecular weight excluding hydrogens is 326 g/mol. The zero-order chi connectivity index (χ0) is 14.4. The maximum atomic E-state index is 10.3. The van der Waals surface area contributed by atoms with Crippen LogP contribution in [-0.4, -0.2) is 29.1 Å². The van der Waals surface area contributed by atoms with Gasteiger partial charge in [0.25, 0.3) is 0 Å². The van der Waals surface area contributed by atoms with E-state index < -0.39 is 6.10 Å². The van der Waals surface area contributed by atoms with Gasteiger partial charge in [0.2, 0.25) is 0 Å². The summed E-state index contributed by atoms with van der Waals surface area (Å²) in [5.74, 6) is 0. The first-order valence-corrected chi connectivity index (χ1v) is 8.03. The van der Waals surface area contributed by atoms with Crippen molar-refractivity contribution < 1.29 is 5.11 Å². The van der Waals surface area contributed by atoms with Gasteiger partial charge in [-0.1, -0.05) is 47.4 Å². The molecule has 0 saturated heterocycles. The third-order valence-corrected chi connectivity index (χ3v) is 4.45. The summed E-state index contributed by atoms with van der Waals surface area (Å²) in [7, 11) is 0. The number of aliphatic hydroxyl groups excluding tert-OH is 1. The van der Waals surface area contributed by atoms with Crippen molar-refractivity contribution in [2.24, 2.45) is 0 Å². The number of rotatable bonds is 7. The van der Waals surface area contributed by atoms with Gasteiger partial charge in [-0.15, -0.1) is 0 Å². The number of benzene rings is 1. The summed E-state index contributed by atoms with van der Waals surface area (Å²) in [6.07, 6.45) is 1.33. The normalized spacial score (nSPS) is 14.7. The SMILES string of the molecule is CCC(C)N(CC)CCC(O)c1ccc(Br)cc1Cl. The molecule has 1 aromatic carbocycles. The molecule has 2 atom stereocenters. The van der Waals surface area contributed by atoms with E-state index in [0.717, 1.165) is 29.5 Å². The lowest BCUT2D eigenvalue weighted by Crippen LogP contribution is -2.34. The topological polar surface area (TPSA) is 23.5 Å². The first kappa shape index (κ1) is 17.0. The maximum absolute atomic E-state index is 10.3. The highest BCUT2D eigenvalue weighted by Gasteiger charge is 2.15. The summed E-state index contributed by atoms with van der Waals surface area (Å²) in [6, 6.07) is 6.18. The standard InChI is InChI=1S/C15H23BrClNO/c1-4-11(3)18(5-2)9-8-15(19)13-7-6-12(16)10-14(13)17/h6-7,10-11,15,19H,4-5,8-9H2,1-3H3. The van der Waals surface area contributed by atoms with E-state index in [9.17, 15) is 5.11 Å². The molecule has 0 fully saturated rings. The molecule has 2 unspecified atom stereocenters. The van der Waals surface area contributed by atoms with Gasteiger partial charge in [0.1, 0.15) is 0 Å². The molecule has 0 aliphatic carbocycles. The van der Waals surface area contributed by atoms with Crippen molar-refractivity contribution in [3.05, 3.63) is 33.3 Å². The highest BCUT2D eigenvalue weighted by Crippen LogP contribution is 2.28. The summed E-state index contributed by atoms with van der Waals surface area (Å²) in [6.45, 7) is 8.47. The van der Waals surface area contributed by atoms with Crippen molar-refractivity contribution in [3.63, 3.8) is 0 Å². The minimum Gasteiger partial charge on any atom is -0.388 e. The second-order valence-corrected chi connectivity index (χ2v) is 6.18. The van der Waals surface area contributed by atoms with Crippen LogP contribution in [0.3, 0.4) is 0 Å². The predicted octanol–water partition coefficient (Wildman–Crippen LogP) is 4.65. The molecule has 0 radical (unpaired) electrons. The second kappa shape index (κ2) is 8.25. The molecular formula is C15H23BrClNO. The molecule has 0 aliphatic heterocycles. The molecule has 0 spiro atoms. The Balaban J connectivity index is 2.61. The fraction of sp³-hybridized carbons (Fsp3) is 0.600. The Kier molecular flexibility index (Phi) is 7.37. The Hall–Kier alpha value is -0.0900. The van der Waals surface area contributed by atoms with Gasteiger partial charge in [0, 0.05) is 22.1 Å². The minimum atomic E-state index is -0.501. The van der Waals surface area contributed by atoms with Crippen LogP contribution in [0.4, 0.5) is 0 Å². The van der Waals surface area contributed by atoms with Crippen LogP contribution in [0.25, 0.3) is 0 Å². The molecule has 4 heteroatoms. The molecule has 0 aliphatic rings. The first-order chi connectivity index (χ1) is 8.99. The van der Waals surface area contributed by atoms with Gasteiger partial charge in [0.15, 0.2) is 0 Å². The number of hydrogen-bond acceptors (Lipinski definition) is 2. The van der Waals surface area contributed by atoms with Crippen LogP contribution in [0.1, 0.15) is 45.3 Å². The molecule has 108 valence electrons. The summed E-state index contributed by atoms with van der Waals surface area (Å²) in [5, 5.41) is 10.9. The predicted molar refractivity (Wildman–Crippen MR) is 85.7 cm³/mol. The molecule has 0 heterocycles. The van der Waals surface area contributed by atoms with Gasteiger partial charge in [-0.05, 0) is 44.0 Å². The van der Waals surface area contributed by atoms with Gasteiger partial charge >= 0.3 is 0 Å². The van der Waals surface area contributed by atoms with E-state index in [-0.39, 0.29) is 0 Å². The fourth-order valence-corrected chi connectivity index (χ4v) is 2.96. The Labute approximate surface area is 129 Å². The highest BCUT2D eigenvalue weighted by molar-refractivity contribution is 9.10. The molecule has 1 N–H and O–H groups in total. The van der Waals surface area contributed by atoms with Crippen molar-refractivity contribution in [1.29, 1.82) is 0 Å². The van der Waals surface area contributed by atoms with Crippen LogP contribution in [0.15, 0.2) is 22.7 Å². The van der Waals surface area contributed by atoms with Gasteiger partial charge in [-0.25, -0.2) is 0 Å². The van der Waals surface area contributed by atoms with E-state index in [1.807, 2.05) is 18.2 Å². The zero-order valence-corrected chi connectivity index (χ0v) is 14.2. The van der Waals surface area contributed by atoms with Crippen LogP contribution in [0.5, 0.6) is 0 Å². The average Bonchev–Trinajstić information content (AvgIpc) is 2.38. The van der Waals surface area contributed by atoms with Crippen molar-refractivity contribution in [3.8, 4) is 0 Å². The van der Waals surface area contributed by atoms with Crippen LogP contribution in [0, 0.1) is 0 Å². The number of halogens is 2. The molecule has 19 heavy (non-hydrogen) atoms. The van der Waals surface area contributed by atoms with E-state index in [4.69, 9.17) is 11.6 Å². The van der Waals surface area contributed by atoms with E-state index in [1.54, 1.807) is 0 Å². The van der Waals surface area contributed by atoms with Gasteiger partial charge in [-0.3, -0.25) is 0 Å². The Bertz CT molecular complexity index is 400. The average molecular weight is 349 g/mol. The third kappa shape index (κ3) is 5.07. The second-order valence-electron chi connectivity index (χ2n) is 4.86. The molecule has 0 aromatic heterocycles. The lowest BCUT2D eigenvalue weighted by Gasteiger charge is -2.28. The molecule has 0 saturated carbocycles. The number of nitrogens with zero attached hydrogens (tertiary/aromatic N) is 1. The Morgan fingerprint density at radius 2 is 2.05 bits per heavy atom. The molecule has 0 bridgehead atoms. The molecule has 1 aromatic rings. The summed E-state index contributed by atoms with van der Waals surface area (Å²) in [5.41, 5.74) is 0.810. The first-order valence-electron chi connectivity index (χ1n) is 6.86. The molecule has 2 nitrogen and oxygen atoms in total. The van der Waals surface area contributed by atoms with Gasteiger partial charge in [-0.2, -0.15) is 0 Å². The van der Waals surface area contributed by atoms with E-state index in [1.165, 1.54) is 0 Å². The van der Waals surface area contributed by atoms with Gasteiger partial charge in [0.05, 0.1) is 6.10 Å². The van der Waals surface area contributed by atoms with Crippen molar-refractivity contribution in [2.75, 3.05) is 13.1 Å². The quantitative estimate of drug-likeness (QED) is 0.775. The largest absolute Gasteiger partial charge is 0.388 e. The van der Waals surface area contributed by atoms with E-state index in [0.29, 0.717) is 17.5 Å². The zero-order valence-electron chi connectivity index (χ0n) is 11.9. The highest BCUT2D eigenvalue weighted by atomic mass is 79.9. The maximum Gasteiger partial charge on any atom is 0.0816 e. The van der Waals surface area contributed by atoms with E-state index in [2.05, 4.69) is 41.6 Å². The fourth-order valence-electron chi connectivity index (χ4n) is 2.16. The smallest absolute Gasteiger partial charge is 0.0816 e. The number of hydrogen-bond donors (Lipinski definition) is 1. The summed E-state index contributed by atoms with van der Waals surface area (Å²) < 4.78 is 0.934. The van der Waals surface area contributed by atoms with Gasteiger partial charge < -0.3 is 10.0 Å². The Morgan fingerprint density at radius 1 is 1.37 bits per heavy atom. The van der Waals surface area contributed by atoms with Crippen molar-refractivity contribution in [2.45, 2.75) is 45.8 Å². The lowest BCUT2D eigenvalue weighted by atomic mass is 10.1. The monoisotopic (exact) mass is 347 g/mol. The lowest BCUT2D eigenvalue weighted by molar-refractivity contribution is 0.128. The summed E-state index contributed by atoms with van der Waals surface area (Å²) >= 11 is 9.53. The van der Waals surface area contributed by atoms with Crippen LogP contribution in [-0.2, 0) is 0 Å². The van der Waals surface area contributed by atoms with E-state index >= 15 is 0 Å². The minimum absolute atomic E-state index is 0.501. The van der Waals surface area contributed by atoms with Crippen molar-refractivity contribution >= 4 is 27.5 Å². The third-order valence-electron chi connectivity index (χ3n) is 3.63. The number of aliphatic hydroxyl groups is 1. The van der Waals surface area contributed by atoms with Crippen LogP contribution in [0.2, 0.25) is 5.02 Å². The Morgan fingerprint density at radius 3 is 2.58 bits per heavy atom. The molecule has 0 amide bonds. The summed E-state index contributed by atoms with van der Waals surface area (Å²) in [4.78, 5) is 2.38. The molecule has 1 rings (SSSR count). The van der Waals surface area contributed by atoms with Crippen LogP contribution >= 0.6 is 27.5 Å². The van der Waals surface area contributed by atoms with Crippen LogP contribution < -0.4 is 0 Å². The van der Waals surface area contributed by atoms with Crippen molar-refractivity contribution in [1.82, 2.24) is 4.90 Å².